The van der Waals surface area contributed by atoms with Crippen molar-refractivity contribution in [1.82, 2.24) is 10.2 Å². The first-order chi connectivity index (χ1) is 8.31. The molecule has 1 saturated heterocycles. The Morgan fingerprint density at radius 2 is 2.53 bits per heavy atom. The first kappa shape index (κ1) is 12.6. The number of rotatable bonds is 5. The summed E-state index contributed by atoms with van der Waals surface area (Å²) in [7, 11) is 0. The van der Waals surface area contributed by atoms with Gasteiger partial charge in [-0.15, -0.1) is 0 Å². The summed E-state index contributed by atoms with van der Waals surface area (Å²) in [6, 6.07) is 2.40. The van der Waals surface area contributed by atoms with Crippen LogP contribution in [0.5, 0.6) is 0 Å². The maximum atomic E-state index is 12.3. The van der Waals surface area contributed by atoms with Crippen molar-refractivity contribution < 1.29 is 4.79 Å². The van der Waals surface area contributed by atoms with Gasteiger partial charge in [0.05, 0.1) is 5.56 Å². The first-order valence-electron chi connectivity index (χ1n) is 6.36. The summed E-state index contributed by atoms with van der Waals surface area (Å²) in [5, 5.41) is 7.36. The van der Waals surface area contributed by atoms with Gasteiger partial charge in [0.2, 0.25) is 0 Å². The summed E-state index contributed by atoms with van der Waals surface area (Å²) in [4.78, 5) is 14.3. The lowest BCUT2D eigenvalue weighted by molar-refractivity contribution is 0.0742. The Morgan fingerprint density at radius 3 is 3.12 bits per heavy atom. The molecule has 1 aliphatic rings. The van der Waals surface area contributed by atoms with Crippen LogP contribution >= 0.6 is 11.3 Å². The van der Waals surface area contributed by atoms with E-state index >= 15 is 0 Å². The van der Waals surface area contributed by atoms with Crippen molar-refractivity contribution in [3.05, 3.63) is 22.4 Å². The van der Waals surface area contributed by atoms with Crippen LogP contribution in [0.2, 0.25) is 0 Å². The second-order valence-electron chi connectivity index (χ2n) is 4.56. The molecule has 2 heterocycles. The molecule has 2 rings (SSSR count). The quantitative estimate of drug-likeness (QED) is 0.872. The molecule has 1 fully saturated rings. The molecule has 0 aromatic carbocycles. The molecule has 4 heteroatoms. The molecule has 1 aliphatic heterocycles. The molecule has 3 nitrogen and oxygen atoms in total. The molecule has 1 N–H and O–H groups in total. The van der Waals surface area contributed by atoms with Gasteiger partial charge in [-0.3, -0.25) is 4.79 Å². The third-order valence-electron chi connectivity index (χ3n) is 3.15. The number of thiophene rings is 1. The van der Waals surface area contributed by atoms with Crippen molar-refractivity contribution in [3.63, 3.8) is 0 Å². The lowest BCUT2D eigenvalue weighted by Crippen LogP contribution is -2.41. The van der Waals surface area contributed by atoms with E-state index in [9.17, 15) is 4.79 Å². The van der Waals surface area contributed by atoms with Gasteiger partial charge in [0.25, 0.3) is 5.91 Å². The summed E-state index contributed by atoms with van der Waals surface area (Å²) < 4.78 is 0. The zero-order chi connectivity index (χ0) is 12.1. The summed E-state index contributed by atoms with van der Waals surface area (Å²) in [6.07, 6.45) is 3.44. The number of nitrogens with zero attached hydrogens (tertiary/aromatic N) is 1. The van der Waals surface area contributed by atoms with Gasteiger partial charge in [-0.05, 0) is 37.3 Å². The number of nitrogens with one attached hydrogen (secondary N) is 1. The smallest absolute Gasteiger partial charge is 0.254 e. The zero-order valence-corrected chi connectivity index (χ0v) is 11.1. The van der Waals surface area contributed by atoms with Crippen LogP contribution in [0.3, 0.4) is 0 Å². The number of hydrogen-bond acceptors (Lipinski definition) is 3. The van der Waals surface area contributed by atoms with Gasteiger partial charge < -0.3 is 10.2 Å². The summed E-state index contributed by atoms with van der Waals surface area (Å²) in [5.41, 5.74) is 0.835. The topological polar surface area (TPSA) is 32.3 Å². The van der Waals surface area contributed by atoms with E-state index in [1.807, 2.05) is 21.7 Å². The third kappa shape index (κ3) is 3.30. The summed E-state index contributed by atoms with van der Waals surface area (Å²) in [6.45, 7) is 4.92. The minimum absolute atomic E-state index is 0.182. The molecule has 0 radical (unpaired) electrons. The van der Waals surface area contributed by atoms with E-state index in [0.717, 1.165) is 31.6 Å². The van der Waals surface area contributed by atoms with Gasteiger partial charge in [-0.2, -0.15) is 11.3 Å². The average Bonchev–Trinajstić information content (AvgIpc) is 3.00. The summed E-state index contributed by atoms with van der Waals surface area (Å²) in [5.74, 6) is 0.182. The molecule has 0 bridgehead atoms. The highest BCUT2D eigenvalue weighted by atomic mass is 32.1. The number of hydrogen-bond donors (Lipinski definition) is 1. The van der Waals surface area contributed by atoms with Crippen molar-refractivity contribution in [1.29, 1.82) is 0 Å². The number of carbonyl (C=O) groups is 1. The van der Waals surface area contributed by atoms with E-state index < -0.39 is 0 Å². The van der Waals surface area contributed by atoms with Crippen LogP contribution in [0.4, 0.5) is 0 Å². The maximum Gasteiger partial charge on any atom is 0.254 e. The Kier molecular flexibility index (Phi) is 4.57. The molecule has 0 saturated carbocycles. The fourth-order valence-electron chi connectivity index (χ4n) is 2.29. The van der Waals surface area contributed by atoms with Crippen LogP contribution in [0, 0.1) is 0 Å². The Labute approximate surface area is 107 Å². The van der Waals surface area contributed by atoms with Crippen LogP contribution in [0.15, 0.2) is 16.8 Å². The van der Waals surface area contributed by atoms with E-state index in [-0.39, 0.29) is 5.91 Å². The van der Waals surface area contributed by atoms with Crippen LogP contribution in [-0.2, 0) is 0 Å². The molecule has 1 aromatic rings. The van der Waals surface area contributed by atoms with Gasteiger partial charge in [0.1, 0.15) is 0 Å². The molecule has 1 amide bonds. The molecule has 94 valence electrons. The minimum Gasteiger partial charge on any atom is -0.337 e. The van der Waals surface area contributed by atoms with Gasteiger partial charge in [-0.25, -0.2) is 0 Å². The van der Waals surface area contributed by atoms with Crippen molar-refractivity contribution in [2.45, 2.75) is 32.2 Å². The second kappa shape index (κ2) is 6.17. The molecule has 0 spiro atoms. The highest BCUT2D eigenvalue weighted by Crippen LogP contribution is 2.13. The van der Waals surface area contributed by atoms with E-state index in [0.29, 0.717) is 6.04 Å². The number of carbonyl (C=O) groups excluding carboxylic acids is 1. The van der Waals surface area contributed by atoms with Gasteiger partial charge >= 0.3 is 0 Å². The van der Waals surface area contributed by atoms with E-state index in [2.05, 4.69) is 12.2 Å². The van der Waals surface area contributed by atoms with E-state index in [1.165, 1.54) is 12.8 Å². The molecule has 1 aromatic heterocycles. The van der Waals surface area contributed by atoms with Crippen LogP contribution < -0.4 is 5.32 Å². The highest BCUT2D eigenvalue weighted by Gasteiger charge is 2.21. The molecule has 1 unspecified atom stereocenters. The van der Waals surface area contributed by atoms with Gasteiger partial charge in [0, 0.05) is 24.5 Å². The van der Waals surface area contributed by atoms with Crippen molar-refractivity contribution in [3.8, 4) is 0 Å². The summed E-state index contributed by atoms with van der Waals surface area (Å²) >= 11 is 1.58. The number of amides is 1. The van der Waals surface area contributed by atoms with Crippen molar-refractivity contribution in [2.24, 2.45) is 0 Å². The average molecular weight is 252 g/mol. The van der Waals surface area contributed by atoms with Gasteiger partial charge in [-0.1, -0.05) is 6.92 Å². The Balaban J connectivity index is 1.98. The van der Waals surface area contributed by atoms with Crippen LogP contribution in [-0.4, -0.2) is 36.5 Å². The fraction of sp³-hybridized carbons (Fsp3) is 0.615. The van der Waals surface area contributed by atoms with Crippen molar-refractivity contribution >= 4 is 17.2 Å². The standard InChI is InChI=1S/C13H20N2OS/c1-2-7-15(9-12-4-3-6-14-12)13(16)11-5-8-17-10-11/h5,8,10,12,14H,2-4,6-7,9H2,1H3. The normalized spacial score (nSPS) is 19.5. The molecule has 1 atom stereocenters. The molecular formula is C13H20N2OS. The first-order valence-corrected chi connectivity index (χ1v) is 7.30. The second-order valence-corrected chi connectivity index (χ2v) is 5.34. The van der Waals surface area contributed by atoms with Crippen LogP contribution in [0.1, 0.15) is 36.5 Å². The Morgan fingerprint density at radius 1 is 1.65 bits per heavy atom. The predicted molar refractivity (Wildman–Crippen MR) is 71.5 cm³/mol. The molecule has 0 aliphatic carbocycles. The third-order valence-corrected chi connectivity index (χ3v) is 3.84. The lowest BCUT2D eigenvalue weighted by atomic mass is 10.2. The van der Waals surface area contributed by atoms with Gasteiger partial charge in [0.15, 0.2) is 0 Å². The SMILES string of the molecule is CCCN(CC1CCCN1)C(=O)c1ccsc1. The lowest BCUT2D eigenvalue weighted by Gasteiger charge is -2.25. The predicted octanol–water partition coefficient (Wildman–Crippen LogP) is 2.35. The van der Waals surface area contributed by atoms with Crippen LogP contribution in [0.25, 0.3) is 0 Å². The fourth-order valence-corrected chi connectivity index (χ4v) is 2.92. The largest absolute Gasteiger partial charge is 0.337 e. The molecular weight excluding hydrogens is 232 g/mol. The Hall–Kier alpha value is -0.870. The van der Waals surface area contributed by atoms with E-state index in [1.54, 1.807) is 11.3 Å². The highest BCUT2D eigenvalue weighted by molar-refractivity contribution is 7.08. The Bertz CT molecular complexity index is 344. The monoisotopic (exact) mass is 252 g/mol. The maximum absolute atomic E-state index is 12.3. The van der Waals surface area contributed by atoms with Crippen molar-refractivity contribution in [2.75, 3.05) is 19.6 Å². The van der Waals surface area contributed by atoms with E-state index in [4.69, 9.17) is 0 Å². The molecule has 17 heavy (non-hydrogen) atoms. The minimum atomic E-state index is 0.182. The zero-order valence-electron chi connectivity index (χ0n) is 10.3.